The lowest BCUT2D eigenvalue weighted by atomic mass is 10.1. The summed E-state index contributed by atoms with van der Waals surface area (Å²) in [4.78, 5) is 0. The summed E-state index contributed by atoms with van der Waals surface area (Å²) < 4.78 is 42.8. The molecule has 0 aliphatic carbocycles. The molecule has 0 unspecified atom stereocenters. The maximum Gasteiger partial charge on any atom is 0.282 e. The molecular formula is C16H10BrF3N2. The number of nitrogens with zero attached hydrogens (tertiary/aromatic N) is 2. The monoisotopic (exact) mass is 366 g/mol. The van der Waals surface area contributed by atoms with Gasteiger partial charge in [-0.3, -0.25) is 0 Å². The van der Waals surface area contributed by atoms with Gasteiger partial charge in [0.2, 0.25) is 5.95 Å². The molecule has 112 valence electrons. The van der Waals surface area contributed by atoms with Crippen LogP contribution in [0.1, 0.15) is 12.1 Å². The highest BCUT2D eigenvalue weighted by Gasteiger charge is 2.27. The largest absolute Gasteiger partial charge is 0.282 e. The van der Waals surface area contributed by atoms with E-state index < -0.39 is 18.1 Å². The van der Waals surface area contributed by atoms with Crippen molar-refractivity contribution in [3.63, 3.8) is 0 Å². The molecule has 0 radical (unpaired) electrons. The van der Waals surface area contributed by atoms with Crippen molar-refractivity contribution in [1.29, 1.82) is 0 Å². The molecule has 0 aliphatic heterocycles. The van der Waals surface area contributed by atoms with Crippen LogP contribution < -0.4 is 0 Å². The van der Waals surface area contributed by atoms with E-state index in [9.17, 15) is 13.2 Å². The van der Waals surface area contributed by atoms with Gasteiger partial charge in [-0.25, -0.2) is 13.5 Å². The zero-order valence-corrected chi connectivity index (χ0v) is 12.8. The fraction of sp³-hybridized carbons (Fsp3) is 0.0625. The Bertz CT molecular complexity index is 800. The van der Waals surface area contributed by atoms with Gasteiger partial charge in [-0.1, -0.05) is 52.3 Å². The first-order chi connectivity index (χ1) is 10.6. The second-order valence-electron chi connectivity index (χ2n) is 4.58. The van der Waals surface area contributed by atoms with Gasteiger partial charge in [-0.05, 0) is 18.2 Å². The quantitative estimate of drug-likeness (QED) is 0.608. The molecule has 0 N–H and O–H groups in total. The van der Waals surface area contributed by atoms with Crippen molar-refractivity contribution in [2.75, 3.05) is 0 Å². The summed E-state index contributed by atoms with van der Waals surface area (Å²) >= 11 is 3.27. The molecule has 1 aromatic heterocycles. The minimum Gasteiger partial charge on any atom is -0.206 e. The zero-order chi connectivity index (χ0) is 15.7. The van der Waals surface area contributed by atoms with Gasteiger partial charge in [0.05, 0.1) is 11.3 Å². The minimum absolute atomic E-state index is 0.189. The first kappa shape index (κ1) is 14.8. The Morgan fingerprint density at radius 1 is 0.955 bits per heavy atom. The van der Waals surface area contributed by atoms with Crippen LogP contribution in [0, 0.1) is 5.95 Å². The van der Waals surface area contributed by atoms with E-state index in [4.69, 9.17) is 0 Å². The second-order valence-corrected chi connectivity index (χ2v) is 5.43. The Morgan fingerprint density at radius 2 is 1.59 bits per heavy atom. The summed E-state index contributed by atoms with van der Waals surface area (Å²) in [6.45, 7) is 0. The standard InChI is InChI=1S/C16H10BrF3N2/c17-12-9-5-4-8-11(12)13-14(15(18)19)21-22(16(13)20)10-6-2-1-3-7-10/h1-9,15H. The third-order valence-corrected chi connectivity index (χ3v) is 3.90. The maximum atomic E-state index is 14.8. The van der Waals surface area contributed by atoms with E-state index in [0.717, 1.165) is 4.68 Å². The van der Waals surface area contributed by atoms with Crippen molar-refractivity contribution in [2.45, 2.75) is 6.43 Å². The summed E-state index contributed by atoms with van der Waals surface area (Å²) in [5.74, 6) is -0.812. The third-order valence-electron chi connectivity index (χ3n) is 3.21. The Morgan fingerprint density at radius 3 is 2.23 bits per heavy atom. The average molecular weight is 367 g/mol. The fourth-order valence-corrected chi connectivity index (χ4v) is 2.70. The fourth-order valence-electron chi connectivity index (χ4n) is 2.22. The zero-order valence-electron chi connectivity index (χ0n) is 11.2. The van der Waals surface area contributed by atoms with Crippen LogP contribution in [0.2, 0.25) is 0 Å². The van der Waals surface area contributed by atoms with Gasteiger partial charge in [-0.15, -0.1) is 0 Å². The molecule has 0 saturated carbocycles. The van der Waals surface area contributed by atoms with Gasteiger partial charge in [0.15, 0.2) is 0 Å². The molecule has 0 aliphatic rings. The molecule has 0 atom stereocenters. The van der Waals surface area contributed by atoms with Crippen molar-refractivity contribution >= 4 is 15.9 Å². The summed E-state index contributed by atoms with van der Waals surface area (Å²) in [5, 5.41) is 3.77. The molecule has 3 aromatic rings. The van der Waals surface area contributed by atoms with Crippen LogP contribution in [0.4, 0.5) is 13.2 Å². The topological polar surface area (TPSA) is 17.8 Å². The third kappa shape index (κ3) is 2.54. The summed E-state index contributed by atoms with van der Waals surface area (Å²) in [6, 6.07) is 15.0. The van der Waals surface area contributed by atoms with Gasteiger partial charge in [0.1, 0.15) is 5.69 Å². The predicted octanol–water partition coefficient (Wildman–Crippen LogP) is 5.38. The number of para-hydroxylation sites is 1. The van der Waals surface area contributed by atoms with Crippen molar-refractivity contribution in [3.8, 4) is 16.8 Å². The maximum absolute atomic E-state index is 14.8. The van der Waals surface area contributed by atoms with Gasteiger partial charge < -0.3 is 0 Å². The Labute approximate surface area is 133 Å². The molecular weight excluding hydrogens is 357 g/mol. The lowest BCUT2D eigenvalue weighted by molar-refractivity contribution is 0.146. The summed E-state index contributed by atoms with van der Waals surface area (Å²) in [6.07, 6.45) is -2.87. The molecule has 0 saturated heterocycles. The van der Waals surface area contributed by atoms with Crippen LogP contribution in [0.5, 0.6) is 0 Å². The molecule has 6 heteroatoms. The average Bonchev–Trinajstić information content (AvgIpc) is 2.86. The van der Waals surface area contributed by atoms with Gasteiger partial charge in [0.25, 0.3) is 6.43 Å². The number of hydrogen-bond acceptors (Lipinski definition) is 1. The van der Waals surface area contributed by atoms with Crippen molar-refractivity contribution < 1.29 is 13.2 Å². The number of aromatic nitrogens is 2. The van der Waals surface area contributed by atoms with E-state index in [1.54, 1.807) is 54.6 Å². The number of halogens is 4. The minimum atomic E-state index is -2.87. The number of benzene rings is 2. The van der Waals surface area contributed by atoms with E-state index in [0.29, 0.717) is 15.7 Å². The molecule has 2 nitrogen and oxygen atoms in total. The van der Waals surface area contributed by atoms with Crippen molar-refractivity contribution in [1.82, 2.24) is 9.78 Å². The molecule has 0 bridgehead atoms. The highest BCUT2D eigenvalue weighted by atomic mass is 79.9. The smallest absolute Gasteiger partial charge is 0.206 e. The predicted molar refractivity (Wildman–Crippen MR) is 81.6 cm³/mol. The first-order valence-corrected chi connectivity index (χ1v) is 7.25. The molecule has 22 heavy (non-hydrogen) atoms. The molecule has 2 aromatic carbocycles. The number of hydrogen-bond donors (Lipinski definition) is 0. The van der Waals surface area contributed by atoms with Gasteiger partial charge >= 0.3 is 0 Å². The van der Waals surface area contributed by atoms with E-state index in [1.807, 2.05) is 0 Å². The molecule has 1 heterocycles. The van der Waals surface area contributed by atoms with E-state index >= 15 is 0 Å². The summed E-state index contributed by atoms with van der Waals surface area (Å²) in [5.41, 5.74) is -0.0303. The summed E-state index contributed by atoms with van der Waals surface area (Å²) in [7, 11) is 0. The SMILES string of the molecule is Fc1c(-c2ccccc2Br)c(C(F)F)nn1-c1ccccc1. The Balaban J connectivity index is 2.26. The normalized spacial score (nSPS) is 11.1. The van der Waals surface area contributed by atoms with Crippen LogP contribution >= 0.6 is 15.9 Å². The van der Waals surface area contributed by atoms with E-state index in [-0.39, 0.29) is 5.56 Å². The number of rotatable bonds is 3. The first-order valence-electron chi connectivity index (χ1n) is 6.46. The van der Waals surface area contributed by atoms with Crippen LogP contribution in [0.15, 0.2) is 59.1 Å². The van der Waals surface area contributed by atoms with Crippen molar-refractivity contribution in [3.05, 3.63) is 70.7 Å². The molecule has 0 amide bonds. The van der Waals surface area contributed by atoms with E-state index in [2.05, 4.69) is 21.0 Å². The highest BCUT2D eigenvalue weighted by Crippen LogP contribution is 2.37. The Hall–Kier alpha value is -2.08. The second kappa shape index (κ2) is 5.96. The van der Waals surface area contributed by atoms with Gasteiger partial charge in [-0.2, -0.15) is 9.49 Å². The van der Waals surface area contributed by atoms with Gasteiger partial charge in [0, 0.05) is 10.0 Å². The van der Waals surface area contributed by atoms with Crippen molar-refractivity contribution in [2.24, 2.45) is 0 Å². The van der Waals surface area contributed by atoms with Crippen LogP contribution in [0.3, 0.4) is 0 Å². The van der Waals surface area contributed by atoms with Crippen LogP contribution in [-0.4, -0.2) is 9.78 Å². The molecule has 0 spiro atoms. The lowest BCUT2D eigenvalue weighted by Crippen LogP contribution is -1.99. The van der Waals surface area contributed by atoms with E-state index in [1.165, 1.54) is 0 Å². The molecule has 0 fully saturated rings. The van der Waals surface area contributed by atoms with Crippen LogP contribution in [0.25, 0.3) is 16.8 Å². The lowest BCUT2D eigenvalue weighted by Gasteiger charge is -2.05. The Kier molecular flexibility index (Phi) is 4.02. The molecule has 3 rings (SSSR count). The number of alkyl halides is 2. The van der Waals surface area contributed by atoms with Crippen LogP contribution in [-0.2, 0) is 0 Å². The highest BCUT2D eigenvalue weighted by molar-refractivity contribution is 9.10.